The number of thioether (sulfide) groups is 1. The average molecular weight is 406 g/mol. The Morgan fingerprint density at radius 3 is 2.81 bits per heavy atom. The van der Waals surface area contributed by atoms with Crippen LogP contribution in [0.4, 0.5) is 11.5 Å². The van der Waals surface area contributed by atoms with Crippen molar-refractivity contribution in [2.24, 2.45) is 0 Å². The molecule has 1 aliphatic heterocycles. The molecular weight excluding hydrogens is 382 g/mol. The number of aliphatic hydroxyl groups is 3. The second kappa shape index (κ2) is 8.42. The Bertz CT molecular complexity index is 642. The van der Waals surface area contributed by atoms with Crippen LogP contribution >= 0.6 is 23.4 Å². The van der Waals surface area contributed by atoms with Gasteiger partial charge in [0.25, 0.3) is 0 Å². The van der Waals surface area contributed by atoms with E-state index in [1.165, 1.54) is 11.8 Å². The Morgan fingerprint density at radius 2 is 2.12 bits per heavy atom. The van der Waals surface area contributed by atoms with E-state index in [4.69, 9.17) is 21.4 Å². The van der Waals surface area contributed by atoms with Gasteiger partial charge in [0.2, 0.25) is 0 Å². The van der Waals surface area contributed by atoms with Gasteiger partial charge in [-0.15, -0.1) is 5.12 Å². The molecule has 0 radical (unpaired) electrons. The zero-order chi connectivity index (χ0) is 18.8. The van der Waals surface area contributed by atoms with Gasteiger partial charge in [-0.1, -0.05) is 30.3 Å². The molecule has 4 atom stereocenters. The van der Waals surface area contributed by atoms with Gasteiger partial charge >= 0.3 is 0 Å². The van der Waals surface area contributed by atoms with Gasteiger partial charge < -0.3 is 20.1 Å². The summed E-state index contributed by atoms with van der Waals surface area (Å²) in [5.41, 5.74) is 3.65. The van der Waals surface area contributed by atoms with E-state index in [-0.39, 0.29) is 13.2 Å². The zero-order valence-electron chi connectivity index (χ0n) is 14.7. The second-order valence-electron chi connectivity index (χ2n) is 6.24. The summed E-state index contributed by atoms with van der Waals surface area (Å²) < 4.78 is 5.46. The maximum atomic E-state index is 10.5. The molecule has 1 saturated carbocycles. The first-order chi connectivity index (χ1) is 12.5. The molecule has 1 aromatic heterocycles. The molecule has 3 rings (SSSR count). The minimum atomic E-state index is -1.05. The lowest BCUT2D eigenvalue weighted by molar-refractivity contribution is -0.0620. The van der Waals surface area contributed by atoms with Crippen molar-refractivity contribution >= 4 is 34.9 Å². The van der Waals surface area contributed by atoms with Crippen LogP contribution in [0.5, 0.6) is 0 Å². The van der Waals surface area contributed by atoms with Crippen molar-refractivity contribution in [3.05, 3.63) is 5.15 Å². The Balaban J connectivity index is 1.86. The predicted molar refractivity (Wildman–Crippen MR) is 99.2 cm³/mol. The van der Waals surface area contributed by atoms with Crippen molar-refractivity contribution in [2.45, 2.75) is 49.3 Å². The summed E-state index contributed by atoms with van der Waals surface area (Å²) in [6, 6.07) is -0.456. The van der Waals surface area contributed by atoms with E-state index in [1.54, 1.807) is 17.2 Å². The zero-order valence-corrected chi connectivity index (χ0v) is 16.2. The SMILES string of the molecule is CCCSc1nc(Cl)c2c(n1)N(C1CC(OCCO)C(O)C1O)N(C)N2. The van der Waals surface area contributed by atoms with Crippen LogP contribution in [-0.4, -0.2) is 80.8 Å². The lowest BCUT2D eigenvalue weighted by Crippen LogP contribution is -2.50. The van der Waals surface area contributed by atoms with E-state index in [2.05, 4.69) is 22.3 Å². The number of nitrogens with one attached hydrogen (secondary N) is 1. The number of aliphatic hydroxyl groups excluding tert-OH is 3. The van der Waals surface area contributed by atoms with Gasteiger partial charge in [-0.05, 0) is 6.42 Å². The molecule has 0 saturated heterocycles. The fourth-order valence-corrected chi connectivity index (χ4v) is 4.19. The highest BCUT2D eigenvalue weighted by atomic mass is 35.5. The van der Waals surface area contributed by atoms with Crippen LogP contribution in [0.2, 0.25) is 5.15 Å². The van der Waals surface area contributed by atoms with E-state index in [0.29, 0.717) is 28.2 Å². The van der Waals surface area contributed by atoms with Gasteiger partial charge in [0.1, 0.15) is 17.9 Å². The number of rotatable bonds is 7. The van der Waals surface area contributed by atoms with E-state index >= 15 is 0 Å². The van der Waals surface area contributed by atoms with Gasteiger partial charge in [-0.25, -0.2) is 9.97 Å². The molecule has 146 valence electrons. The third-order valence-electron chi connectivity index (χ3n) is 4.41. The van der Waals surface area contributed by atoms with Crippen molar-refractivity contribution in [1.82, 2.24) is 15.1 Å². The van der Waals surface area contributed by atoms with Crippen molar-refractivity contribution in [1.29, 1.82) is 0 Å². The van der Waals surface area contributed by atoms with Crippen LogP contribution in [0, 0.1) is 0 Å². The molecule has 26 heavy (non-hydrogen) atoms. The molecule has 11 heteroatoms. The maximum Gasteiger partial charge on any atom is 0.191 e. The maximum absolute atomic E-state index is 10.5. The fraction of sp³-hybridized carbons (Fsp3) is 0.733. The molecule has 1 aromatic rings. The van der Waals surface area contributed by atoms with E-state index in [9.17, 15) is 10.2 Å². The summed E-state index contributed by atoms with van der Waals surface area (Å²) in [4.78, 5) is 8.89. The number of nitrogens with zero attached hydrogens (tertiary/aromatic N) is 4. The fourth-order valence-electron chi connectivity index (χ4n) is 3.24. The molecule has 2 heterocycles. The standard InChI is InChI=1S/C15H24ClN5O4S/c1-3-6-26-15-17-13(16)10-14(18-15)21(20(2)19-10)8-7-9(25-5-4-22)12(24)11(8)23/h8-9,11-12,19,22-24H,3-7H2,1-2H3. The summed E-state index contributed by atoms with van der Waals surface area (Å²) in [5.74, 6) is 1.44. The number of ether oxygens (including phenoxy) is 1. The molecule has 0 bridgehead atoms. The number of hydrogen-bond donors (Lipinski definition) is 4. The summed E-state index contributed by atoms with van der Waals surface area (Å²) in [7, 11) is 1.78. The van der Waals surface area contributed by atoms with Crippen LogP contribution in [0.15, 0.2) is 5.16 Å². The number of aromatic nitrogens is 2. The molecular formula is C15H24ClN5O4S. The van der Waals surface area contributed by atoms with Gasteiger partial charge in [0.15, 0.2) is 16.1 Å². The first-order valence-electron chi connectivity index (χ1n) is 8.56. The quantitative estimate of drug-likeness (QED) is 0.290. The Kier molecular flexibility index (Phi) is 6.44. The topological polar surface area (TPSA) is 114 Å². The van der Waals surface area contributed by atoms with Crippen LogP contribution in [0.3, 0.4) is 0 Å². The van der Waals surface area contributed by atoms with E-state index in [0.717, 1.165) is 12.2 Å². The molecule has 2 aliphatic rings. The van der Waals surface area contributed by atoms with Gasteiger partial charge in [0, 0.05) is 19.2 Å². The third kappa shape index (κ3) is 3.72. The molecule has 1 fully saturated rings. The van der Waals surface area contributed by atoms with Crippen LogP contribution in [0.1, 0.15) is 19.8 Å². The largest absolute Gasteiger partial charge is 0.394 e. The number of fused-ring (bicyclic) bond motifs is 1. The molecule has 9 nitrogen and oxygen atoms in total. The highest BCUT2D eigenvalue weighted by molar-refractivity contribution is 7.99. The van der Waals surface area contributed by atoms with Gasteiger partial charge in [-0.2, -0.15) is 0 Å². The van der Waals surface area contributed by atoms with Crippen molar-refractivity contribution < 1.29 is 20.1 Å². The van der Waals surface area contributed by atoms with Gasteiger partial charge in [-0.3, -0.25) is 10.4 Å². The summed E-state index contributed by atoms with van der Waals surface area (Å²) >= 11 is 7.82. The Labute approximate surface area is 161 Å². The predicted octanol–water partition coefficient (Wildman–Crippen LogP) is 0.497. The summed E-state index contributed by atoms with van der Waals surface area (Å²) in [6.45, 7) is 2.04. The highest BCUT2D eigenvalue weighted by Crippen LogP contribution is 2.42. The molecule has 0 spiro atoms. The summed E-state index contributed by atoms with van der Waals surface area (Å²) in [5, 5.41) is 34.1. The van der Waals surface area contributed by atoms with Crippen LogP contribution < -0.4 is 10.4 Å². The molecule has 4 unspecified atom stereocenters. The number of hydrazine groups is 2. The average Bonchev–Trinajstić information content (AvgIpc) is 3.09. The summed E-state index contributed by atoms with van der Waals surface area (Å²) in [6.07, 6.45) is -1.27. The molecule has 0 aromatic carbocycles. The number of hydrogen-bond acceptors (Lipinski definition) is 10. The third-order valence-corrected chi connectivity index (χ3v) is 5.74. The lowest BCUT2D eigenvalue weighted by atomic mass is 10.2. The van der Waals surface area contributed by atoms with E-state index in [1.807, 2.05) is 0 Å². The first kappa shape index (κ1) is 19.9. The molecule has 1 aliphatic carbocycles. The number of halogens is 1. The first-order valence-corrected chi connectivity index (χ1v) is 9.92. The lowest BCUT2D eigenvalue weighted by Gasteiger charge is -2.32. The minimum absolute atomic E-state index is 0.109. The molecule has 0 amide bonds. The molecule has 4 N–H and O–H groups in total. The normalized spacial score (nSPS) is 28.5. The monoisotopic (exact) mass is 405 g/mol. The Hall–Kier alpha value is -0.880. The van der Waals surface area contributed by atoms with Crippen molar-refractivity contribution in [3.8, 4) is 0 Å². The van der Waals surface area contributed by atoms with Crippen LogP contribution in [-0.2, 0) is 4.74 Å². The smallest absolute Gasteiger partial charge is 0.191 e. The van der Waals surface area contributed by atoms with Crippen molar-refractivity contribution in [3.63, 3.8) is 0 Å². The van der Waals surface area contributed by atoms with E-state index < -0.39 is 24.4 Å². The van der Waals surface area contributed by atoms with Gasteiger partial charge in [0.05, 0.1) is 25.4 Å². The second-order valence-corrected chi connectivity index (χ2v) is 7.66. The Morgan fingerprint density at radius 1 is 1.35 bits per heavy atom. The van der Waals surface area contributed by atoms with Crippen molar-refractivity contribution in [2.75, 3.05) is 36.4 Å². The minimum Gasteiger partial charge on any atom is -0.394 e. The van der Waals surface area contributed by atoms with Crippen LogP contribution in [0.25, 0.3) is 0 Å². The number of anilines is 2. The highest BCUT2D eigenvalue weighted by Gasteiger charge is 2.48.